The largest absolute Gasteiger partial charge is 0.491 e. The number of ether oxygens (including phenoxy) is 2. The number of alkyl halides is 3. The number of nitrogens with one attached hydrogen (secondary N) is 2. The number of Topliss-reactive ketones (excluding diaryl/α,β-unsaturated/α-hetero) is 1. The van der Waals surface area contributed by atoms with Crippen LogP contribution in [0, 0.1) is 0 Å². The molecule has 0 aliphatic carbocycles. The van der Waals surface area contributed by atoms with Gasteiger partial charge in [-0.05, 0) is 53.1 Å². The summed E-state index contributed by atoms with van der Waals surface area (Å²) in [5.74, 6) is -4.15. The quantitative estimate of drug-likeness (QED) is 0.132. The van der Waals surface area contributed by atoms with Crippen LogP contribution in [0.4, 0.5) is 13.2 Å². The molecule has 2 atom stereocenters. The molecule has 1 saturated heterocycles. The lowest BCUT2D eigenvalue weighted by Crippen LogP contribution is -2.41. The highest BCUT2D eigenvalue weighted by Gasteiger charge is 2.42. The van der Waals surface area contributed by atoms with Crippen molar-refractivity contribution in [2.45, 2.75) is 37.6 Å². The third-order valence-corrected chi connectivity index (χ3v) is 7.55. The van der Waals surface area contributed by atoms with E-state index in [9.17, 15) is 27.6 Å². The second-order valence-electron chi connectivity index (χ2n) is 10.6. The number of hydrogen-bond acceptors (Lipinski definition) is 6. The molecule has 0 radical (unpaired) electrons. The maximum atomic E-state index is 13.2. The minimum Gasteiger partial charge on any atom is -0.419 e. The number of fused-ring (bicyclic) bond motifs is 1. The van der Waals surface area contributed by atoms with Crippen LogP contribution in [0.1, 0.15) is 50.6 Å². The monoisotopic (exact) mass is 604 g/mol. The number of halogens is 3. The normalized spacial score (nSPS) is 16.8. The van der Waals surface area contributed by atoms with Crippen molar-refractivity contribution >= 4 is 28.4 Å². The van der Waals surface area contributed by atoms with Crippen LogP contribution in [0.5, 0.6) is 5.75 Å². The Labute approximate surface area is 252 Å². The Morgan fingerprint density at radius 3 is 2.41 bits per heavy atom. The highest BCUT2D eigenvalue weighted by Crippen LogP contribution is 2.33. The number of ketones is 1. The minimum atomic E-state index is -5.26. The number of piperidine rings is 1. The summed E-state index contributed by atoms with van der Waals surface area (Å²) in [5, 5.41) is 8.03. The van der Waals surface area contributed by atoms with E-state index in [2.05, 4.69) is 16.7 Å². The molecule has 1 fully saturated rings. The number of hydrogen-bond donors (Lipinski definition) is 2. The van der Waals surface area contributed by atoms with Gasteiger partial charge in [0.2, 0.25) is 0 Å². The highest BCUT2D eigenvalue weighted by atomic mass is 19.4. The van der Waals surface area contributed by atoms with Crippen LogP contribution in [0.2, 0.25) is 0 Å². The fraction of sp³-hybridized carbons (Fsp3) is 0.265. The summed E-state index contributed by atoms with van der Waals surface area (Å²) in [5.41, 5.74) is 1.78. The van der Waals surface area contributed by atoms with Gasteiger partial charge in [0.25, 0.3) is 5.91 Å². The summed E-state index contributed by atoms with van der Waals surface area (Å²) in [6.07, 6.45) is -4.99. The van der Waals surface area contributed by atoms with E-state index >= 15 is 0 Å². The Morgan fingerprint density at radius 2 is 1.64 bits per heavy atom. The van der Waals surface area contributed by atoms with E-state index in [1.54, 1.807) is 36.4 Å². The van der Waals surface area contributed by atoms with Gasteiger partial charge in [0.1, 0.15) is 5.75 Å². The van der Waals surface area contributed by atoms with Crippen LogP contribution in [0.25, 0.3) is 10.8 Å². The molecule has 2 N–H and O–H groups in total. The summed E-state index contributed by atoms with van der Waals surface area (Å²) < 4.78 is 50.5. The van der Waals surface area contributed by atoms with E-state index in [0.29, 0.717) is 37.2 Å². The lowest BCUT2D eigenvalue weighted by atomic mass is 9.87. The van der Waals surface area contributed by atoms with Gasteiger partial charge in [-0.1, -0.05) is 72.8 Å². The molecule has 0 bridgehead atoms. The lowest BCUT2D eigenvalue weighted by molar-refractivity contribution is -0.189. The van der Waals surface area contributed by atoms with Gasteiger partial charge in [-0.25, -0.2) is 4.79 Å². The molecule has 7 nitrogen and oxygen atoms in total. The van der Waals surface area contributed by atoms with Crippen molar-refractivity contribution in [3.8, 4) is 5.75 Å². The fourth-order valence-electron chi connectivity index (χ4n) is 5.27. The first kappa shape index (κ1) is 30.9. The Bertz CT molecular complexity index is 1640. The summed E-state index contributed by atoms with van der Waals surface area (Å²) in [6.45, 7) is 1.43. The van der Waals surface area contributed by atoms with Crippen LogP contribution >= 0.6 is 0 Å². The number of carbonyl (C=O) groups is 3. The molecular weight excluding hydrogens is 573 g/mol. The molecule has 228 valence electrons. The topological polar surface area (TPSA) is 93.7 Å². The lowest BCUT2D eigenvalue weighted by Gasteiger charge is -2.33. The first-order chi connectivity index (χ1) is 21.2. The van der Waals surface area contributed by atoms with Gasteiger partial charge in [0.15, 0.2) is 5.78 Å². The van der Waals surface area contributed by atoms with Gasteiger partial charge < -0.3 is 20.1 Å². The molecule has 44 heavy (non-hydrogen) atoms. The van der Waals surface area contributed by atoms with Crippen LogP contribution in [-0.4, -0.2) is 49.6 Å². The van der Waals surface area contributed by atoms with Crippen molar-refractivity contribution in [2.24, 2.45) is 0 Å². The number of carbonyl (C=O) groups excluding carboxylic acids is 3. The zero-order valence-electron chi connectivity index (χ0n) is 23.7. The summed E-state index contributed by atoms with van der Waals surface area (Å²) in [7, 11) is 0. The molecule has 0 aromatic heterocycles. The molecule has 10 heteroatoms. The van der Waals surface area contributed by atoms with Gasteiger partial charge in [-0.2, -0.15) is 13.2 Å². The molecule has 1 aliphatic heterocycles. The van der Waals surface area contributed by atoms with E-state index in [-0.39, 0.29) is 36.3 Å². The molecule has 1 amide bonds. The summed E-state index contributed by atoms with van der Waals surface area (Å²) in [6, 6.07) is 26.8. The maximum Gasteiger partial charge on any atom is 0.491 e. The van der Waals surface area contributed by atoms with Crippen molar-refractivity contribution in [3.63, 3.8) is 0 Å². The van der Waals surface area contributed by atoms with E-state index in [1.807, 2.05) is 36.4 Å². The molecule has 5 rings (SSSR count). The van der Waals surface area contributed by atoms with Gasteiger partial charge in [0.05, 0.1) is 18.3 Å². The second-order valence-corrected chi connectivity index (χ2v) is 10.6. The molecule has 4 aromatic carbocycles. The zero-order chi connectivity index (χ0) is 31.1. The zero-order valence-corrected chi connectivity index (χ0v) is 23.7. The van der Waals surface area contributed by atoms with Gasteiger partial charge in [-0.3, -0.25) is 9.59 Å². The molecule has 2 unspecified atom stereocenters. The van der Waals surface area contributed by atoms with Crippen LogP contribution < -0.4 is 15.4 Å². The molecule has 0 spiro atoms. The average molecular weight is 605 g/mol. The van der Waals surface area contributed by atoms with Crippen LogP contribution in [0.3, 0.4) is 0 Å². The Balaban J connectivity index is 1.32. The predicted octanol–water partition coefficient (Wildman–Crippen LogP) is 5.97. The van der Waals surface area contributed by atoms with Crippen molar-refractivity contribution < 1.29 is 37.0 Å². The number of amides is 1. The smallest absolute Gasteiger partial charge is 0.419 e. The first-order valence-electron chi connectivity index (χ1n) is 14.3. The van der Waals surface area contributed by atoms with Crippen molar-refractivity contribution in [1.29, 1.82) is 0 Å². The van der Waals surface area contributed by atoms with Crippen molar-refractivity contribution in [1.82, 2.24) is 10.6 Å². The molecule has 4 aromatic rings. The number of rotatable bonds is 10. The number of benzene rings is 4. The molecule has 1 heterocycles. The van der Waals surface area contributed by atoms with E-state index < -0.39 is 23.8 Å². The Hall–Kier alpha value is -4.54. The third-order valence-electron chi connectivity index (χ3n) is 7.55. The third kappa shape index (κ3) is 7.69. The van der Waals surface area contributed by atoms with Gasteiger partial charge >= 0.3 is 12.1 Å². The Kier molecular flexibility index (Phi) is 9.72. The van der Waals surface area contributed by atoms with Crippen molar-refractivity contribution in [2.75, 3.05) is 19.6 Å². The summed E-state index contributed by atoms with van der Waals surface area (Å²) >= 11 is 0. The first-order valence-corrected chi connectivity index (χ1v) is 14.3. The summed E-state index contributed by atoms with van der Waals surface area (Å²) in [4.78, 5) is 37.2. The SMILES string of the molecule is O=C(CCNC(=O)c1ccc(C2CCNCC2OCc2ccc3ccccc3c2)cc1OC(=O)C(F)(F)F)c1ccccc1. The van der Waals surface area contributed by atoms with Crippen molar-refractivity contribution in [3.05, 3.63) is 113 Å². The molecule has 1 aliphatic rings. The van der Waals surface area contributed by atoms with Crippen LogP contribution in [-0.2, 0) is 16.1 Å². The predicted molar refractivity (Wildman–Crippen MR) is 159 cm³/mol. The van der Waals surface area contributed by atoms with Gasteiger partial charge in [0, 0.05) is 31.0 Å². The minimum absolute atomic E-state index is 0.0171. The molecule has 0 saturated carbocycles. The average Bonchev–Trinajstić information content (AvgIpc) is 3.03. The fourth-order valence-corrected chi connectivity index (χ4v) is 5.27. The Morgan fingerprint density at radius 1 is 0.886 bits per heavy atom. The van der Waals surface area contributed by atoms with E-state index in [0.717, 1.165) is 16.3 Å². The molecular formula is C34H31F3N2O5. The number of esters is 1. The maximum absolute atomic E-state index is 13.2. The second kappa shape index (κ2) is 13.8. The van der Waals surface area contributed by atoms with Gasteiger partial charge in [-0.15, -0.1) is 0 Å². The standard InChI is InChI=1S/C34H31F3N2O5/c35-34(36,37)33(42)44-30-19-26(12-13-28(30)32(41)39-17-15-29(40)24-7-2-1-3-8-24)27-14-16-38-20-31(27)43-21-22-10-11-23-6-4-5-9-25(23)18-22/h1-13,18-19,27,31,38H,14-17,20-21H2,(H,39,41). The van der Waals surface area contributed by atoms with Crippen LogP contribution in [0.15, 0.2) is 91.0 Å². The van der Waals surface area contributed by atoms with E-state index in [4.69, 9.17) is 9.47 Å². The van der Waals surface area contributed by atoms with E-state index in [1.165, 1.54) is 12.1 Å². The highest BCUT2D eigenvalue weighted by molar-refractivity contribution is 5.99.